The summed E-state index contributed by atoms with van der Waals surface area (Å²) in [6.45, 7) is 7.47. The fourth-order valence-electron chi connectivity index (χ4n) is 3.16. The van der Waals surface area contributed by atoms with Crippen molar-refractivity contribution < 1.29 is 27.5 Å². The fraction of sp³-hybridized carbons (Fsp3) is 0.500. The highest BCUT2D eigenvalue weighted by Crippen LogP contribution is 2.31. The highest BCUT2D eigenvalue weighted by atomic mass is 32.2. The number of sulfonamides is 1. The lowest BCUT2D eigenvalue weighted by molar-refractivity contribution is -0.128. The molecule has 160 valence electrons. The summed E-state index contributed by atoms with van der Waals surface area (Å²) in [5, 5.41) is 2.53. The molecule has 1 aliphatic heterocycles. The Hall–Kier alpha value is -2.39. The van der Waals surface area contributed by atoms with Crippen LogP contribution in [0.3, 0.4) is 0 Å². The summed E-state index contributed by atoms with van der Waals surface area (Å²) in [7, 11) is -2.48. The van der Waals surface area contributed by atoms with Crippen LogP contribution in [0.4, 0.5) is 0 Å². The van der Waals surface area contributed by atoms with E-state index in [-0.39, 0.29) is 28.8 Å². The maximum Gasteiger partial charge on any atom is 0.338 e. The van der Waals surface area contributed by atoms with E-state index in [0.717, 1.165) is 19.3 Å². The number of carbonyl (C=O) groups excluding carboxylic acids is 2. The molecule has 2 atom stereocenters. The Morgan fingerprint density at radius 2 is 2.10 bits per heavy atom. The largest absolute Gasteiger partial charge is 0.495 e. The Balaban J connectivity index is 2.29. The number of carbonyl (C=O) groups is 2. The zero-order chi connectivity index (χ0) is 21.6. The van der Waals surface area contributed by atoms with E-state index in [1.807, 2.05) is 6.92 Å². The molecule has 1 aromatic carbocycles. The molecule has 1 aliphatic rings. The fourth-order valence-corrected chi connectivity index (χ4v) is 5.04. The lowest BCUT2D eigenvalue weighted by atomic mass is 10.1. The summed E-state index contributed by atoms with van der Waals surface area (Å²) in [6.07, 6.45) is 3.01. The standard InChI is InChI=1S/C20H28N2O6S/c1-5-11-21-19(23)15(3)28-20(24)16-9-10-17(27-4)18(13-16)29(25,26)22-12-7-6-8-14(22)2/h5,9-10,13-15H,1,6-8,11-12H2,2-4H3,(H,21,23)/t14-,15+/m1/s1. The van der Waals surface area contributed by atoms with Gasteiger partial charge in [0, 0.05) is 19.1 Å². The molecule has 1 saturated heterocycles. The molecular weight excluding hydrogens is 396 g/mol. The van der Waals surface area contributed by atoms with Crippen molar-refractivity contribution in [2.45, 2.75) is 50.2 Å². The van der Waals surface area contributed by atoms with E-state index in [1.165, 1.54) is 42.6 Å². The quantitative estimate of drug-likeness (QED) is 0.507. The van der Waals surface area contributed by atoms with Gasteiger partial charge in [-0.3, -0.25) is 4.79 Å². The van der Waals surface area contributed by atoms with E-state index < -0.39 is 28.0 Å². The number of esters is 1. The third-order valence-corrected chi connectivity index (χ3v) is 6.84. The van der Waals surface area contributed by atoms with Gasteiger partial charge in [0.15, 0.2) is 6.10 Å². The molecule has 0 bridgehead atoms. The number of hydrogen-bond acceptors (Lipinski definition) is 6. The van der Waals surface area contributed by atoms with Gasteiger partial charge in [-0.2, -0.15) is 4.31 Å². The highest BCUT2D eigenvalue weighted by molar-refractivity contribution is 7.89. The van der Waals surface area contributed by atoms with Gasteiger partial charge >= 0.3 is 5.97 Å². The summed E-state index contributed by atoms with van der Waals surface area (Å²) >= 11 is 0. The number of hydrogen-bond donors (Lipinski definition) is 1. The molecule has 1 fully saturated rings. The lowest BCUT2D eigenvalue weighted by Gasteiger charge is -2.32. The molecule has 1 heterocycles. The summed E-state index contributed by atoms with van der Waals surface area (Å²) in [6, 6.07) is 3.93. The monoisotopic (exact) mass is 424 g/mol. The molecule has 0 spiro atoms. The van der Waals surface area contributed by atoms with E-state index in [9.17, 15) is 18.0 Å². The Kier molecular flexibility index (Phi) is 7.80. The molecule has 0 saturated carbocycles. The molecule has 8 nitrogen and oxygen atoms in total. The number of rotatable bonds is 8. The van der Waals surface area contributed by atoms with Gasteiger partial charge in [-0.15, -0.1) is 6.58 Å². The number of ether oxygens (including phenoxy) is 2. The number of nitrogens with one attached hydrogen (secondary N) is 1. The molecule has 0 unspecified atom stereocenters. The van der Waals surface area contributed by atoms with Crippen molar-refractivity contribution in [1.29, 1.82) is 0 Å². The molecule has 1 N–H and O–H groups in total. The van der Waals surface area contributed by atoms with Gasteiger partial charge in [0.05, 0.1) is 12.7 Å². The van der Waals surface area contributed by atoms with E-state index in [2.05, 4.69) is 11.9 Å². The number of nitrogens with zero attached hydrogens (tertiary/aromatic N) is 1. The molecule has 1 aromatic rings. The van der Waals surface area contributed by atoms with Crippen molar-refractivity contribution in [3.63, 3.8) is 0 Å². The average molecular weight is 425 g/mol. The van der Waals surface area contributed by atoms with Crippen LogP contribution in [0.5, 0.6) is 5.75 Å². The second kappa shape index (κ2) is 9.89. The maximum atomic E-state index is 13.2. The van der Waals surface area contributed by atoms with Gasteiger partial charge in [-0.25, -0.2) is 13.2 Å². The minimum Gasteiger partial charge on any atom is -0.495 e. The first-order chi connectivity index (χ1) is 13.7. The van der Waals surface area contributed by atoms with Crippen LogP contribution >= 0.6 is 0 Å². The van der Waals surface area contributed by atoms with Gasteiger partial charge < -0.3 is 14.8 Å². The third-order valence-electron chi connectivity index (χ3n) is 4.80. The molecule has 0 radical (unpaired) electrons. The van der Waals surface area contributed by atoms with Gasteiger partial charge in [0.2, 0.25) is 10.0 Å². The van der Waals surface area contributed by atoms with Gasteiger partial charge in [0.25, 0.3) is 5.91 Å². The zero-order valence-electron chi connectivity index (χ0n) is 17.0. The van der Waals surface area contributed by atoms with Crippen LogP contribution in [0.25, 0.3) is 0 Å². The van der Waals surface area contributed by atoms with E-state index in [0.29, 0.717) is 6.54 Å². The number of piperidine rings is 1. The van der Waals surface area contributed by atoms with Crippen LogP contribution in [-0.4, -0.2) is 56.9 Å². The summed E-state index contributed by atoms with van der Waals surface area (Å²) in [5.41, 5.74) is 0.0254. The SMILES string of the molecule is C=CCNC(=O)[C@H](C)OC(=O)c1ccc(OC)c(S(=O)(=O)N2CCCC[C@H]2C)c1. The Morgan fingerprint density at radius 1 is 1.38 bits per heavy atom. The lowest BCUT2D eigenvalue weighted by Crippen LogP contribution is -2.42. The smallest absolute Gasteiger partial charge is 0.338 e. The minimum atomic E-state index is -3.86. The first kappa shape index (κ1) is 22.9. The molecule has 1 amide bonds. The van der Waals surface area contributed by atoms with Crippen molar-refractivity contribution in [3.05, 3.63) is 36.4 Å². The van der Waals surface area contributed by atoms with Crippen molar-refractivity contribution in [3.8, 4) is 5.75 Å². The van der Waals surface area contributed by atoms with E-state index in [4.69, 9.17) is 9.47 Å². The third kappa shape index (κ3) is 5.36. The molecule has 9 heteroatoms. The van der Waals surface area contributed by atoms with Crippen molar-refractivity contribution in [2.75, 3.05) is 20.2 Å². The number of methoxy groups -OCH3 is 1. The molecule has 29 heavy (non-hydrogen) atoms. The van der Waals surface area contributed by atoms with E-state index >= 15 is 0 Å². The molecule has 2 rings (SSSR count). The summed E-state index contributed by atoms with van der Waals surface area (Å²) < 4.78 is 38.3. The van der Waals surface area contributed by atoms with Crippen molar-refractivity contribution in [1.82, 2.24) is 9.62 Å². The van der Waals surface area contributed by atoms with Crippen LogP contribution in [0.15, 0.2) is 35.7 Å². The van der Waals surface area contributed by atoms with Crippen LogP contribution in [0, 0.1) is 0 Å². The number of amides is 1. The van der Waals surface area contributed by atoms with Crippen LogP contribution in [0.1, 0.15) is 43.5 Å². The predicted molar refractivity (Wildman–Crippen MR) is 108 cm³/mol. The second-order valence-electron chi connectivity index (χ2n) is 6.91. The molecule has 0 aliphatic carbocycles. The average Bonchev–Trinajstić information content (AvgIpc) is 2.71. The van der Waals surface area contributed by atoms with Gasteiger partial charge in [0.1, 0.15) is 10.6 Å². The Labute approximate surface area is 171 Å². The number of benzene rings is 1. The Morgan fingerprint density at radius 3 is 2.72 bits per heavy atom. The van der Waals surface area contributed by atoms with Gasteiger partial charge in [-0.05, 0) is 44.9 Å². The first-order valence-electron chi connectivity index (χ1n) is 9.51. The molecular formula is C20H28N2O6S. The van der Waals surface area contributed by atoms with Crippen LogP contribution < -0.4 is 10.1 Å². The van der Waals surface area contributed by atoms with Gasteiger partial charge in [-0.1, -0.05) is 12.5 Å². The maximum absolute atomic E-state index is 13.2. The summed E-state index contributed by atoms with van der Waals surface area (Å²) in [4.78, 5) is 24.3. The Bertz CT molecular complexity index is 868. The first-order valence-corrected chi connectivity index (χ1v) is 11.0. The molecule has 0 aromatic heterocycles. The van der Waals surface area contributed by atoms with Crippen LogP contribution in [-0.2, 0) is 19.6 Å². The van der Waals surface area contributed by atoms with Crippen molar-refractivity contribution >= 4 is 21.9 Å². The van der Waals surface area contributed by atoms with E-state index in [1.54, 1.807) is 0 Å². The topological polar surface area (TPSA) is 102 Å². The second-order valence-corrected chi connectivity index (χ2v) is 8.77. The zero-order valence-corrected chi connectivity index (χ0v) is 17.8. The summed E-state index contributed by atoms with van der Waals surface area (Å²) in [5.74, 6) is -1.12. The minimum absolute atomic E-state index is 0.0254. The highest BCUT2D eigenvalue weighted by Gasteiger charge is 2.34. The van der Waals surface area contributed by atoms with Crippen molar-refractivity contribution in [2.24, 2.45) is 0 Å². The normalized spacial score (nSPS) is 18.5. The van der Waals surface area contributed by atoms with Crippen LogP contribution in [0.2, 0.25) is 0 Å². The predicted octanol–water partition coefficient (Wildman–Crippen LogP) is 2.11.